The van der Waals surface area contributed by atoms with Crippen molar-refractivity contribution in [3.8, 4) is 0 Å². The van der Waals surface area contributed by atoms with Crippen molar-refractivity contribution >= 4 is 5.91 Å². The molecule has 82 valence electrons. The van der Waals surface area contributed by atoms with E-state index in [2.05, 4.69) is 6.92 Å². The van der Waals surface area contributed by atoms with Gasteiger partial charge in [-0.05, 0) is 18.3 Å². The molecule has 0 aromatic heterocycles. The summed E-state index contributed by atoms with van der Waals surface area (Å²) < 4.78 is 24.3. The van der Waals surface area contributed by atoms with Gasteiger partial charge in [0.1, 0.15) is 0 Å². The van der Waals surface area contributed by atoms with Crippen molar-refractivity contribution < 1.29 is 13.6 Å². The van der Waals surface area contributed by atoms with E-state index in [1.165, 1.54) is 4.90 Å². The van der Waals surface area contributed by atoms with Crippen LogP contribution in [0.15, 0.2) is 0 Å². The van der Waals surface area contributed by atoms with E-state index in [1.807, 2.05) is 6.92 Å². The maximum absolute atomic E-state index is 12.1. The molecule has 2 atom stereocenters. The molecule has 2 nitrogen and oxygen atoms in total. The number of rotatable bonds is 3. The molecule has 0 spiro atoms. The maximum Gasteiger partial charge on any atom is 0.315 e. The van der Waals surface area contributed by atoms with Crippen LogP contribution >= 0.6 is 0 Å². The van der Waals surface area contributed by atoms with Gasteiger partial charge in [0, 0.05) is 13.1 Å². The summed E-state index contributed by atoms with van der Waals surface area (Å²) in [5.41, 5.74) is 0. The zero-order valence-electron chi connectivity index (χ0n) is 8.67. The van der Waals surface area contributed by atoms with Crippen molar-refractivity contribution in [1.82, 2.24) is 4.90 Å². The fraction of sp³-hybridized carbons (Fsp3) is 0.900. The minimum Gasteiger partial charge on any atom is -0.337 e. The summed E-state index contributed by atoms with van der Waals surface area (Å²) in [7, 11) is 0. The molecule has 0 radical (unpaired) electrons. The first-order valence-corrected chi connectivity index (χ1v) is 5.13. The number of hydrogen-bond donors (Lipinski definition) is 0. The molecule has 0 N–H and O–H groups in total. The van der Waals surface area contributed by atoms with Crippen LogP contribution in [-0.4, -0.2) is 30.3 Å². The Balaban J connectivity index is 2.49. The Kier molecular flexibility index (Phi) is 3.84. The Labute approximate surface area is 83.3 Å². The fourth-order valence-corrected chi connectivity index (χ4v) is 2.10. The number of halogens is 2. The minimum absolute atomic E-state index is 0.359. The van der Waals surface area contributed by atoms with Crippen molar-refractivity contribution in [3.63, 3.8) is 0 Å². The number of carbonyl (C=O) groups is 1. The molecule has 1 aliphatic rings. The van der Waals surface area contributed by atoms with Crippen LogP contribution in [0.25, 0.3) is 0 Å². The third kappa shape index (κ3) is 2.42. The molecule has 0 aliphatic carbocycles. The highest BCUT2D eigenvalue weighted by Gasteiger charge is 2.34. The molecule has 1 heterocycles. The van der Waals surface area contributed by atoms with Crippen molar-refractivity contribution in [1.29, 1.82) is 0 Å². The average Bonchev–Trinajstić information content (AvgIpc) is 2.47. The topological polar surface area (TPSA) is 20.3 Å². The predicted octanol–water partition coefficient (Wildman–Crippen LogP) is 2.15. The van der Waals surface area contributed by atoms with Crippen molar-refractivity contribution in [2.24, 2.45) is 11.8 Å². The zero-order chi connectivity index (χ0) is 10.7. The van der Waals surface area contributed by atoms with Crippen LogP contribution in [0.2, 0.25) is 0 Å². The Morgan fingerprint density at radius 3 is 2.64 bits per heavy atom. The monoisotopic (exact) mass is 205 g/mol. The lowest BCUT2D eigenvalue weighted by Gasteiger charge is -2.15. The first-order chi connectivity index (χ1) is 6.56. The zero-order valence-corrected chi connectivity index (χ0v) is 8.67. The Bertz CT molecular complexity index is 208. The normalized spacial score (nSPS) is 27.4. The van der Waals surface area contributed by atoms with Crippen molar-refractivity contribution in [2.45, 2.75) is 33.1 Å². The Morgan fingerprint density at radius 1 is 1.50 bits per heavy atom. The maximum atomic E-state index is 12.1. The molecule has 0 aromatic carbocycles. The quantitative estimate of drug-likeness (QED) is 0.691. The average molecular weight is 205 g/mol. The molecule has 1 rings (SSSR count). The third-order valence-electron chi connectivity index (χ3n) is 2.93. The first-order valence-electron chi connectivity index (χ1n) is 5.13. The van der Waals surface area contributed by atoms with Crippen LogP contribution in [0.5, 0.6) is 0 Å². The van der Waals surface area contributed by atoms with Crippen LogP contribution in [0, 0.1) is 11.8 Å². The number of likely N-dealkylation sites (tertiary alicyclic amines) is 1. The van der Waals surface area contributed by atoms with Gasteiger partial charge < -0.3 is 4.90 Å². The lowest BCUT2D eigenvalue weighted by molar-refractivity contribution is -0.141. The van der Waals surface area contributed by atoms with E-state index in [9.17, 15) is 13.6 Å². The van der Waals surface area contributed by atoms with Crippen molar-refractivity contribution in [2.75, 3.05) is 13.1 Å². The van der Waals surface area contributed by atoms with Gasteiger partial charge in [0.15, 0.2) is 0 Å². The van der Waals surface area contributed by atoms with Gasteiger partial charge in [-0.25, -0.2) is 0 Å². The van der Waals surface area contributed by atoms with E-state index in [0.717, 1.165) is 12.8 Å². The fourth-order valence-electron chi connectivity index (χ4n) is 2.10. The first kappa shape index (κ1) is 11.4. The van der Waals surface area contributed by atoms with Gasteiger partial charge in [-0.1, -0.05) is 20.3 Å². The molecular formula is C10H17F2NO. The van der Waals surface area contributed by atoms with Gasteiger partial charge in [-0.2, -0.15) is 8.78 Å². The van der Waals surface area contributed by atoms with Gasteiger partial charge in [0.25, 0.3) is 5.91 Å². The second-order valence-electron chi connectivity index (χ2n) is 4.07. The smallest absolute Gasteiger partial charge is 0.315 e. The van der Waals surface area contributed by atoms with Gasteiger partial charge in [-0.15, -0.1) is 0 Å². The second-order valence-corrected chi connectivity index (χ2v) is 4.07. The second kappa shape index (κ2) is 4.71. The van der Waals surface area contributed by atoms with Gasteiger partial charge in [-0.3, -0.25) is 4.79 Å². The Hall–Kier alpha value is -0.670. The summed E-state index contributed by atoms with van der Waals surface area (Å²) >= 11 is 0. The summed E-state index contributed by atoms with van der Waals surface area (Å²) in [4.78, 5) is 12.3. The molecule has 0 aromatic rings. The standard InChI is InChI=1S/C10H17F2NO/c1-3-4-8-6-13(5-7(8)2)10(14)9(11)12/h7-9H,3-6H2,1-2H3/t7-,8+/m1/s1. The molecule has 0 saturated carbocycles. The van der Waals surface area contributed by atoms with E-state index < -0.39 is 12.3 Å². The highest BCUT2D eigenvalue weighted by Crippen LogP contribution is 2.27. The van der Waals surface area contributed by atoms with Crippen molar-refractivity contribution in [3.05, 3.63) is 0 Å². The summed E-state index contributed by atoms with van der Waals surface area (Å²) in [5.74, 6) is -0.240. The van der Waals surface area contributed by atoms with Crippen LogP contribution in [0.1, 0.15) is 26.7 Å². The summed E-state index contributed by atoms with van der Waals surface area (Å²) in [6.07, 6.45) is -0.775. The van der Waals surface area contributed by atoms with E-state index in [-0.39, 0.29) is 0 Å². The molecule has 14 heavy (non-hydrogen) atoms. The highest BCUT2D eigenvalue weighted by molar-refractivity contribution is 5.79. The van der Waals surface area contributed by atoms with E-state index >= 15 is 0 Å². The molecule has 0 unspecified atom stereocenters. The van der Waals surface area contributed by atoms with Gasteiger partial charge in [0.05, 0.1) is 0 Å². The SMILES string of the molecule is CCC[C@H]1CN(C(=O)C(F)F)C[C@H]1C. The number of hydrogen-bond acceptors (Lipinski definition) is 1. The molecule has 1 fully saturated rings. The van der Waals surface area contributed by atoms with Gasteiger partial charge >= 0.3 is 6.43 Å². The highest BCUT2D eigenvalue weighted by atomic mass is 19.3. The summed E-state index contributed by atoms with van der Waals surface area (Å²) in [5, 5.41) is 0. The number of amides is 1. The van der Waals surface area contributed by atoms with E-state index in [1.54, 1.807) is 0 Å². The summed E-state index contributed by atoms with van der Waals surface area (Å²) in [6.45, 7) is 5.11. The lowest BCUT2D eigenvalue weighted by atomic mass is 9.94. The molecule has 1 aliphatic heterocycles. The summed E-state index contributed by atoms with van der Waals surface area (Å²) in [6, 6.07) is 0. The van der Waals surface area contributed by atoms with E-state index in [0.29, 0.717) is 24.9 Å². The molecule has 1 amide bonds. The molecule has 1 saturated heterocycles. The number of nitrogens with zero attached hydrogens (tertiary/aromatic N) is 1. The van der Waals surface area contributed by atoms with Crippen LogP contribution < -0.4 is 0 Å². The largest absolute Gasteiger partial charge is 0.337 e. The lowest BCUT2D eigenvalue weighted by Crippen LogP contribution is -2.33. The molecular weight excluding hydrogens is 188 g/mol. The van der Waals surface area contributed by atoms with Crippen LogP contribution in [0.3, 0.4) is 0 Å². The third-order valence-corrected chi connectivity index (χ3v) is 2.93. The molecule has 0 bridgehead atoms. The van der Waals surface area contributed by atoms with E-state index in [4.69, 9.17) is 0 Å². The Morgan fingerprint density at radius 2 is 2.14 bits per heavy atom. The number of alkyl halides is 2. The molecule has 4 heteroatoms. The van der Waals surface area contributed by atoms with Crippen LogP contribution in [0.4, 0.5) is 8.78 Å². The number of carbonyl (C=O) groups excluding carboxylic acids is 1. The van der Waals surface area contributed by atoms with Gasteiger partial charge in [0.2, 0.25) is 0 Å². The minimum atomic E-state index is -2.84. The predicted molar refractivity (Wildman–Crippen MR) is 50.1 cm³/mol. The van der Waals surface area contributed by atoms with Crippen LogP contribution in [-0.2, 0) is 4.79 Å².